The first-order valence-electron chi connectivity index (χ1n) is 9.62. The Hall–Kier alpha value is -2.96. The van der Waals surface area contributed by atoms with Crippen molar-refractivity contribution in [2.75, 3.05) is 11.9 Å². The number of ether oxygens (including phenoxy) is 1. The number of anilines is 1. The van der Waals surface area contributed by atoms with Gasteiger partial charge in [0.25, 0.3) is 11.8 Å². The number of amides is 2. The monoisotopic (exact) mass is 406 g/mol. The minimum atomic E-state index is -0.409. The van der Waals surface area contributed by atoms with Crippen molar-refractivity contribution >= 4 is 28.8 Å². The first kappa shape index (κ1) is 19.4. The maximum absolute atomic E-state index is 13.0. The summed E-state index contributed by atoms with van der Waals surface area (Å²) in [7, 11) is 0. The highest BCUT2D eigenvalue weighted by molar-refractivity contribution is 7.10. The zero-order valence-corrected chi connectivity index (χ0v) is 16.7. The number of nitrogens with one attached hydrogen (secondary N) is 2. The SMILES string of the molecule is O=C(N[C@H](c1ccccc1)c1cccs1)c1cccc(NC(=O)[C@@H]2CCCO2)c1. The van der Waals surface area contributed by atoms with E-state index in [9.17, 15) is 9.59 Å². The molecule has 29 heavy (non-hydrogen) atoms. The quantitative estimate of drug-likeness (QED) is 0.638. The molecule has 1 fully saturated rings. The molecule has 0 saturated carbocycles. The Kier molecular flexibility index (Phi) is 6.03. The maximum atomic E-state index is 13.0. The van der Waals surface area contributed by atoms with E-state index >= 15 is 0 Å². The van der Waals surface area contributed by atoms with Crippen molar-refractivity contribution in [1.82, 2.24) is 5.32 Å². The highest BCUT2D eigenvalue weighted by atomic mass is 32.1. The Morgan fingerprint density at radius 1 is 1.03 bits per heavy atom. The second-order valence-electron chi connectivity index (χ2n) is 6.90. The molecule has 0 aliphatic carbocycles. The van der Waals surface area contributed by atoms with Gasteiger partial charge in [-0.1, -0.05) is 42.5 Å². The lowest BCUT2D eigenvalue weighted by atomic mass is 10.0. The minimum absolute atomic E-state index is 0.166. The zero-order chi connectivity index (χ0) is 20.1. The van der Waals surface area contributed by atoms with Crippen LogP contribution >= 0.6 is 11.3 Å². The summed E-state index contributed by atoms with van der Waals surface area (Å²) in [5.41, 5.74) is 2.10. The van der Waals surface area contributed by atoms with Crippen LogP contribution in [0, 0.1) is 0 Å². The largest absolute Gasteiger partial charge is 0.368 e. The standard InChI is InChI=1S/C23H22N2O3S/c26-22(25-21(20-12-6-14-29-20)16-7-2-1-3-8-16)17-9-4-10-18(15-17)24-23(27)19-11-5-13-28-19/h1-4,6-10,12,14-15,19,21H,5,11,13H2,(H,24,27)(H,25,26)/t19-,21+/m0/s1. The van der Waals surface area contributed by atoms with E-state index in [4.69, 9.17) is 4.74 Å². The fourth-order valence-corrected chi connectivity index (χ4v) is 4.18. The van der Waals surface area contributed by atoms with E-state index in [1.165, 1.54) is 0 Å². The van der Waals surface area contributed by atoms with E-state index in [0.29, 0.717) is 17.9 Å². The molecule has 2 amide bonds. The number of hydrogen-bond donors (Lipinski definition) is 2. The average molecular weight is 407 g/mol. The Balaban J connectivity index is 1.50. The van der Waals surface area contributed by atoms with Gasteiger partial charge in [-0.3, -0.25) is 9.59 Å². The molecule has 2 atom stereocenters. The summed E-state index contributed by atoms with van der Waals surface area (Å²) in [6, 6.07) is 20.6. The Morgan fingerprint density at radius 3 is 2.62 bits per heavy atom. The van der Waals surface area contributed by atoms with Crippen molar-refractivity contribution in [3.8, 4) is 0 Å². The molecule has 0 bridgehead atoms. The van der Waals surface area contributed by atoms with Crippen LogP contribution < -0.4 is 10.6 Å². The number of carbonyl (C=O) groups excluding carboxylic acids is 2. The number of thiophene rings is 1. The van der Waals surface area contributed by atoms with Crippen molar-refractivity contribution in [2.45, 2.75) is 25.0 Å². The van der Waals surface area contributed by atoms with E-state index < -0.39 is 6.10 Å². The van der Waals surface area contributed by atoms with Gasteiger partial charge >= 0.3 is 0 Å². The van der Waals surface area contributed by atoms with Gasteiger partial charge in [-0.2, -0.15) is 0 Å². The van der Waals surface area contributed by atoms with E-state index in [-0.39, 0.29) is 17.9 Å². The third-order valence-electron chi connectivity index (χ3n) is 4.85. The summed E-state index contributed by atoms with van der Waals surface area (Å²) in [5, 5.41) is 7.97. The van der Waals surface area contributed by atoms with Crippen molar-refractivity contribution < 1.29 is 14.3 Å². The fourth-order valence-electron chi connectivity index (χ4n) is 3.38. The van der Waals surface area contributed by atoms with Crippen LogP contribution in [0.2, 0.25) is 0 Å². The van der Waals surface area contributed by atoms with E-state index in [2.05, 4.69) is 10.6 Å². The topological polar surface area (TPSA) is 67.4 Å². The van der Waals surface area contributed by atoms with Crippen LogP contribution in [0.25, 0.3) is 0 Å². The van der Waals surface area contributed by atoms with Crippen molar-refractivity contribution in [1.29, 1.82) is 0 Å². The highest BCUT2D eigenvalue weighted by Gasteiger charge is 2.24. The van der Waals surface area contributed by atoms with Crippen LogP contribution in [-0.2, 0) is 9.53 Å². The van der Waals surface area contributed by atoms with Gasteiger partial charge in [0.15, 0.2) is 0 Å². The summed E-state index contributed by atoms with van der Waals surface area (Å²) < 4.78 is 5.42. The van der Waals surface area contributed by atoms with E-state index in [1.807, 2.05) is 47.8 Å². The summed E-state index contributed by atoms with van der Waals surface area (Å²) in [4.78, 5) is 26.3. The molecule has 3 aromatic rings. The smallest absolute Gasteiger partial charge is 0.253 e. The molecule has 1 aliphatic rings. The predicted molar refractivity (Wildman–Crippen MR) is 114 cm³/mol. The van der Waals surface area contributed by atoms with E-state index in [0.717, 1.165) is 23.3 Å². The molecule has 148 valence electrons. The molecule has 6 heteroatoms. The normalized spacial score (nSPS) is 16.9. The van der Waals surface area contributed by atoms with Crippen LogP contribution in [-0.4, -0.2) is 24.5 Å². The lowest BCUT2D eigenvalue weighted by molar-refractivity contribution is -0.124. The lowest BCUT2D eigenvalue weighted by Gasteiger charge is -2.18. The first-order chi connectivity index (χ1) is 14.2. The second kappa shape index (κ2) is 9.03. The van der Waals surface area contributed by atoms with Crippen molar-refractivity contribution in [2.24, 2.45) is 0 Å². The van der Waals surface area contributed by atoms with Crippen LogP contribution in [0.4, 0.5) is 5.69 Å². The van der Waals surface area contributed by atoms with Crippen LogP contribution in [0.3, 0.4) is 0 Å². The molecule has 4 rings (SSSR count). The van der Waals surface area contributed by atoms with Crippen molar-refractivity contribution in [3.05, 3.63) is 88.1 Å². The molecular formula is C23H22N2O3S. The maximum Gasteiger partial charge on any atom is 0.253 e. The molecular weight excluding hydrogens is 384 g/mol. The summed E-state index contributed by atoms with van der Waals surface area (Å²) >= 11 is 1.60. The summed E-state index contributed by atoms with van der Waals surface area (Å²) in [5.74, 6) is -0.360. The van der Waals surface area contributed by atoms with Gasteiger partial charge in [0.05, 0.1) is 6.04 Å². The van der Waals surface area contributed by atoms with Crippen LogP contribution in [0.5, 0.6) is 0 Å². The molecule has 1 aromatic heterocycles. The summed E-state index contributed by atoms with van der Waals surface area (Å²) in [6.45, 7) is 0.615. The van der Waals surface area contributed by atoms with Crippen LogP contribution in [0.15, 0.2) is 72.1 Å². The Labute approximate surface area is 173 Å². The number of carbonyl (C=O) groups is 2. The first-order valence-corrected chi connectivity index (χ1v) is 10.5. The van der Waals surface area contributed by atoms with Gasteiger partial charge in [-0.25, -0.2) is 0 Å². The third kappa shape index (κ3) is 4.72. The number of rotatable bonds is 6. The molecule has 0 unspecified atom stereocenters. The Bertz CT molecular complexity index is 967. The number of hydrogen-bond acceptors (Lipinski definition) is 4. The van der Waals surface area contributed by atoms with Gasteiger partial charge in [0.1, 0.15) is 6.10 Å². The zero-order valence-electron chi connectivity index (χ0n) is 15.8. The molecule has 0 radical (unpaired) electrons. The fraction of sp³-hybridized carbons (Fsp3) is 0.217. The molecule has 5 nitrogen and oxygen atoms in total. The van der Waals surface area contributed by atoms with E-state index in [1.54, 1.807) is 35.6 Å². The lowest BCUT2D eigenvalue weighted by Crippen LogP contribution is -2.29. The molecule has 0 spiro atoms. The van der Waals surface area contributed by atoms with Gasteiger partial charge < -0.3 is 15.4 Å². The molecule has 2 aromatic carbocycles. The third-order valence-corrected chi connectivity index (χ3v) is 5.79. The van der Waals surface area contributed by atoms with Gasteiger partial charge in [0.2, 0.25) is 0 Å². The predicted octanol–water partition coefficient (Wildman–Crippen LogP) is 4.39. The van der Waals surface area contributed by atoms with Gasteiger partial charge in [0, 0.05) is 22.7 Å². The molecule has 2 N–H and O–H groups in total. The number of benzene rings is 2. The molecule has 1 saturated heterocycles. The van der Waals surface area contributed by atoms with Crippen LogP contribution in [0.1, 0.15) is 39.7 Å². The Morgan fingerprint density at radius 2 is 1.90 bits per heavy atom. The second-order valence-corrected chi connectivity index (χ2v) is 7.88. The average Bonchev–Trinajstić information content (AvgIpc) is 3.47. The molecule has 1 aliphatic heterocycles. The minimum Gasteiger partial charge on any atom is -0.368 e. The van der Waals surface area contributed by atoms with Gasteiger partial charge in [-0.05, 0) is 48.1 Å². The highest BCUT2D eigenvalue weighted by Crippen LogP contribution is 2.26. The molecule has 2 heterocycles. The van der Waals surface area contributed by atoms with Gasteiger partial charge in [-0.15, -0.1) is 11.3 Å². The van der Waals surface area contributed by atoms with Crippen molar-refractivity contribution in [3.63, 3.8) is 0 Å². The summed E-state index contributed by atoms with van der Waals surface area (Å²) in [6.07, 6.45) is 1.21.